The molecule has 0 aliphatic heterocycles. The van der Waals surface area contributed by atoms with E-state index in [1.807, 2.05) is 44.3 Å². The molecule has 0 bridgehead atoms. The molecule has 3 N–H and O–H groups in total. The number of nitrogens with two attached hydrogens (primary N) is 1. The Morgan fingerprint density at radius 1 is 1.28 bits per heavy atom. The molecule has 0 aliphatic carbocycles. The zero-order valence-electron chi connectivity index (χ0n) is 10.4. The number of benzene rings is 1. The quantitative estimate of drug-likeness (QED) is 0.660. The number of hydrogen-bond donors (Lipinski definition) is 2. The van der Waals surface area contributed by atoms with E-state index in [0.717, 1.165) is 22.4 Å². The molecule has 0 amide bonds. The molecule has 1 aromatic heterocycles. The molecule has 1 aromatic carbocycles. The van der Waals surface area contributed by atoms with Crippen LogP contribution in [-0.4, -0.2) is 4.98 Å². The number of halogens is 1. The van der Waals surface area contributed by atoms with Gasteiger partial charge in [-0.05, 0) is 42.7 Å². The number of hydrogen-bond acceptors (Lipinski definition) is 3. The third-order valence-corrected chi connectivity index (χ3v) is 3.11. The predicted octanol–water partition coefficient (Wildman–Crippen LogP) is 2.90. The molecule has 2 rings (SSSR count). The average Bonchev–Trinajstić information content (AvgIpc) is 2.33. The first-order chi connectivity index (χ1) is 8.61. The number of aromatic nitrogens is 1. The maximum atomic E-state index is 6.01. The van der Waals surface area contributed by atoms with E-state index in [9.17, 15) is 0 Å². The second kappa shape index (κ2) is 5.48. The van der Waals surface area contributed by atoms with Crippen molar-refractivity contribution in [3.63, 3.8) is 0 Å². The van der Waals surface area contributed by atoms with Gasteiger partial charge in [0.05, 0.1) is 11.7 Å². The number of rotatable bonds is 3. The zero-order chi connectivity index (χ0) is 13.1. The fourth-order valence-electron chi connectivity index (χ4n) is 2.05. The number of aryl methyl sites for hydroxylation is 2. The molecule has 0 fully saturated rings. The number of nitrogens with zero attached hydrogens (tertiary/aromatic N) is 1. The van der Waals surface area contributed by atoms with Crippen LogP contribution in [0.15, 0.2) is 36.5 Å². The fraction of sp³-hybridized carbons (Fsp3) is 0.214. The summed E-state index contributed by atoms with van der Waals surface area (Å²) in [6.07, 6.45) is 1.84. The van der Waals surface area contributed by atoms with E-state index in [2.05, 4.69) is 16.5 Å². The average molecular weight is 262 g/mol. The lowest BCUT2D eigenvalue weighted by Crippen LogP contribution is -2.30. The summed E-state index contributed by atoms with van der Waals surface area (Å²) in [7, 11) is 0. The smallest absolute Gasteiger partial charge is 0.0884 e. The predicted molar refractivity (Wildman–Crippen MR) is 74.3 cm³/mol. The topological polar surface area (TPSA) is 50.9 Å². The van der Waals surface area contributed by atoms with Gasteiger partial charge in [0.25, 0.3) is 0 Å². The molecule has 94 valence electrons. The van der Waals surface area contributed by atoms with Gasteiger partial charge in [0.1, 0.15) is 0 Å². The molecule has 18 heavy (non-hydrogen) atoms. The van der Waals surface area contributed by atoms with Crippen LogP contribution in [0.2, 0.25) is 5.02 Å². The van der Waals surface area contributed by atoms with E-state index < -0.39 is 0 Å². The second-order valence-electron chi connectivity index (χ2n) is 4.37. The Bertz CT molecular complexity index is 554. The van der Waals surface area contributed by atoms with E-state index in [4.69, 9.17) is 17.4 Å². The van der Waals surface area contributed by atoms with Gasteiger partial charge >= 0.3 is 0 Å². The summed E-state index contributed by atoms with van der Waals surface area (Å²) >= 11 is 6.01. The zero-order valence-corrected chi connectivity index (χ0v) is 11.2. The van der Waals surface area contributed by atoms with Crippen molar-refractivity contribution >= 4 is 11.6 Å². The Hall–Kier alpha value is -1.42. The van der Waals surface area contributed by atoms with Crippen molar-refractivity contribution in [3.05, 3.63) is 63.9 Å². The molecular weight excluding hydrogens is 246 g/mol. The van der Waals surface area contributed by atoms with Crippen molar-refractivity contribution in [2.75, 3.05) is 0 Å². The highest BCUT2D eigenvalue weighted by Gasteiger charge is 2.16. The highest BCUT2D eigenvalue weighted by molar-refractivity contribution is 6.30. The molecule has 0 radical (unpaired) electrons. The summed E-state index contributed by atoms with van der Waals surface area (Å²) in [6, 6.07) is 9.57. The molecule has 1 heterocycles. The second-order valence-corrected chi connectivity index (χ2v) is 4.81. The Labute approximate surface area is 112 Å². The van der Waals surface area contributed by atoms with Gasteiger partial charge in [0, 0.05) is 11.2 Å². The third kappa shape index (κ3) is 2.70. The van der Waals surface area contributed by atoms with E-state index in [0.29, 0.717) is 5.02 Å². The molecule has 0 aliphatic rings. The van der Waals surface area contributed by atoms with Crippen LogP contribution in [-0.2, 0) is 0 Å². The molecule has 0 saturated heterocycles. The fourth-order valence-corrected chi connectivity index (χ4v) is 2.25. The van der Waals surface area contributed by atoms with Crippen molar-refractivity contribution in [1.82, 2.24) is 10.4 Å². The first-order valence-corrected chi connectivity index (χ1v) is 6.14. The van der Waals surface area contributed by atoms with Gasteiger partial charge in [0.15, 0.2) is 0 Å². The molecule has 4 heteroatoms. The molecule has 1 atom stereocenters. The summed E-state index contributed by atoms with van der Waals surface area (Å²) in [6.45, 7) is 4.05. The van der Waals surface area contributed by atoms with Crippen LogP contribution in [0.25, 0.3) is 0 Å². The Kier molecular flexibility index (Phi) is 3.97. The van der Waals surface area contributed by atoms with E-state index in [1.54, 1.807) is 0 Å². The molecule has 1 unspecified atom stereocenters. The first-order valence-electron chi connectivity index (χ1n) is 5.76. The molecule has 2 aromatic rings. The maximum Gasteiger partial charge on any atom is 0.0884 e. The number of pyridine rings is 1. The van der Waals surface area contributed by atoms with Gasteiger partial charge < -0.3 is 0 Å². The van der Waals surface area contributed by atoms with E-state index in [1.165, 1.54) is 0 Å². The van der Waals surface area contributed by atoms with Gasteiger partial charge in [-0.1, -0.05) is 29.8 Å². The van der Waals surface area contributed by atoms with Crippen molar-refractivity contribution in [2.45, 2.75) is 19.9 Å². The minimum Gasteiger partial charge on any atom is -0.271 e. The van der Waals surface area contributed by atoms with Crippen LogP contribution < -0.4 is 11.3 Å². The lowest BCUT2D eigenvalue weighted by molar-refractivity contribution is 0.616. The van der Waals surface area contributed by atoms with Crippen molar-refractivity contribution in [1.29, 1.82) is 0 Å². The summed E-state index contributed by atoms with van der Waals surface area (Å²) in [4.78, 5) is 4.47. The Balaban J connectivity index is 2.45. The van der Waals surface area contributed by atoms with Crippen molar-refractivity contribution < 1.29 is 0 Å². The number of nitrogens with one attached hydrogen (secondary N) is 1. The van der Waals surface area contributed by atoms with Crippen LogP contribution in [0.3, 0.4) is 0 Å². The van der Waals surface area contributed by atoms with Crippen LogP contribution in [0, 0.1) is 13.8 Å². The Morgan fingerprint density at radius 2 is 2.06 bits per heavy atom. The lowest BCUT2D eigenvalue weighted by Gasteiger charge is -2.18. The van der Waals surface area contributed by atoms with Crippen LogP contribution >= 0.6 is 11.6 Å². The first kappa shape index (κ1) is 13.0. The summed E-state index contributed by atoms with van der Waals surface area (Å²) in [5.74, 6) is 5.66. The minimum absolute atomic E-state index is 0.149. The normalized spacial score (nSPS) is 12.4. The van der Waals surface area contributed by atoms with E-state index in [-0.39, 0.29) is 6.04 Å². The van der Waals surface area contributed by atoms with Gasteiger partial charge in [0.2, 0.25) is 0 Å². The molecular formula is C14H16ClN3. The Morgan fingerprint density at radius 3 is 2.67 bits per heavy atom. The van der Waals surface area contributed by atoms with Gasteiger partial charge in [-0.2, -0.15) is 0 Å². The largest absolute Gasteiger partial charge is 0.271 e. The maximum absolute atomic E-state index is 6.01. The summed E-state index contributed by atoms with van der Waals surface area (Å²) in [5.41, 5.74) is 6.97. The summed E-state index contributed by atoms with van der Waals surface area (Å²) < 4.78 is 0. The standard InChI is InChI=1S/C14H16ClN3/c1-9-6-10(2)13(17-8-9)14(18-16)11-4-3-5-12(15)7-11/h3-8,14,18H,16H2,1-2H3. The summed E-state index contributed by atoms with van der Waals surface area (Å²) in [5, 5.41) is 0.692. The van der Waals surface area contributed by atoms with Crippen molar-refractivity contribution in [2.24, 2.45) is 5.84 Å². The van der Waals surface area contributed by atoms with Gasteiger partial charge in [-0.25, -0.2) is 5.43 Å². The van der Waals surface area contributed by atoms with Gasteiger partial charge in [-0.15, -0.1) is 0 Å². The highest BCUT2D eigenvalue weighted by Crippen LogP contribution is 2.24. The van der Waals surface area contributed by atoms with Crippen LogP contribution in [0.1, 0.15) is 28.4 Å². The highest BCUT2D eigenvalue weighted by atomic mass is 35.5. The van der Waals surface area contributed by atoms with Crippen LogP contribution in [0.4, 0.5) is 0 Å². The number of hydrazine groups is 1. The molecule has 0 spiro atoms. The third-order valence-electron chi connectivity index (χ3n) is 2.88. The SMILES string of the molecule is Cc1cnc(C(NN)c2cccc(Cl)c2)c(C)c1. The molecule has 3 nitrogen and oxygen atoms in total. The van der Waals surface area contributed by atoms with Crippen LogP contribution in [0.5, 0.6) is 0 Å². The van der Waals surface area contributed by atoms with E-state index >= 15 is 0 Å². The van der Waals surface area contributed by atoms with Crippen molar-refractivity contribution in [3.8, 4) is 0 Å². The minimum atomic E-state index is -0.149. The lowest BCUT2D eigenvalue weighted by atomic mass is 10.00. The monoisotopic (exact) mass is 261 g/mol. The molecule has 0 saturated carbocycles. The van der Waals surface area contributed by atoms with Gasteiger partial charge in [-0.3, -0.25) is 10.8 Å².